The maximum atomic E-state index is 12.2. The summed E-state index contributed by atoms with van der Waals surface area (Å²) in [6.07, 6.45) is -4.65. The van der Waals surface area contributed by atoms with E-state index in [-0.39, 0.29) is 5.82 Å². The summed E-state index contributed by atoms with van der Waals surface area (Å²) in [6.45, 7) is 0. The number of hydrogen-bond donors (Lipinski definition) is 0. The second kappa shape index (κ2) is 3.79. The Kier molecular flexibility index (Phi) is 2.59. The van der Waals surface area contributed by atoms with E-state index < -0.39 is 12.1 Å². The Bertz CT molecular complexity index is 509. The zero-order valence-corrected chi connectivity index (χ0v) is 8.30. The van der Waals surface area contributed by atoms with Gasteiger partial charge in [0, 0.05) is 10.6 Å². The summed E-state index contributed by atoms with van der Waals surface area (Å²) in [5, 5.41) is 3.54. The summed E-state index contributed by atoms with van der Waals surface area (Å²) >= 11 is 5.65. The van der Waals surface area contributed by atoms with Gasteiger partial charge in [-0.3, -0.25) is 0 Å². The largest absolute Gasteiger partial charge is 0.471 e. The van der Waals surface area contributed by atoms with E-state index in [1.165, 1.54) is 18.2 Å². The van der Waals surface area contributed by atoms with Crippen molar-refractivity contribution in [3.63, 3.8) is 0 Å². The molecule has 1 radical (unpaired) electrons. The molecular weight excluding hydrogens is 245 g/mol. The third-order valence-electron chi connectivity index (χ3n) is 1.68. The zero-order valence-electron chi connectivity index (χ0n) is 7.55. The average molecular weight is 248 g/mol. The van der Waals surface area contributed by atoms with Gasteiger partial charge in [-0.1, -0.05) is 16.8 Å². The fourth-order valence-corrected chi connectivity index (χ4v) is 1.21. The van der Waals surface area contributed by atoms with Crippen molar-refractivity contribution in [1.29, 1.82) is 0 Å². The summed E-state index contributed by atoms with van der Waals surface area (Å²) in [5.74, 6) is -1.56. The quantitative estimate of drug-likeness (QED) is 0.777. The van der Waals surface area contributed by atoms with Gasteiger partial charge < -0.3 is 4.52 Å². The van der Waals surface area contributed by atoms with Crippen molar-refractivity contribution in [3.05, 3.63) is 35.2 Å². The van der Waals surface area contributed by atoms with E-state index in [2.05, 4.69) is 20.7 Å². The third-order valence-corrected chi connectivity index (χ3v) is 1.90. The van der Waals surface area contributed by atoms with Crippen LogP contribution in [0.5, 0.6) is 0 Å². The summed E-state index contributed by atoms with van der Waals surface area (Å²) in [7, 11) is 0. The lowest BCUT2D eigenvalue weighted by Gasteiger charge is -1.96. The lowest BCUT2D eigenvalue weighted by molar-refractivity contribution is -0.159. The van der Waals surface area contributed by atoms with E-state index in [9.17, 15) is 13.2 Å². The van der Waals surface area contributed by atoms with Crippen LogP contribution in [0.3, 0.4) is 0 Å². The molecule has 83 valence electrons. The minimum absolute atomic E-state index is 0.175. The molecule has 0 amide bonds. The minimum atomic E-state index is -4.65. The number of rotatable bonds is 1. The molecule has 1 heterocycles. The number of nitrogens with zero attached hydrogens (tertiary/aromatic N) is 2. The number of alkyl halides is 3. The van der Waals surface area contributed by atoms with Gasteiger partial charge >= 0.3 is 12.1 Å². The van der Waals surface area contributed by atoms with Crippen LogP contribution in [0.4, 0.5) is 13.2 Å². The lowest BCUT2D eigenvalue weighted by Crippen LogP contribution is -2.04. The first-order valence-electron chi connectivity index (χ1n) is 4.05. The monoisotopic (exact) mass is 247 g/mol. The highest BCUT2D eigenvalue weighted by Crippen LogP contribution is 2.29. The minimum Gasteiger partial charge on any atom is -0.329 e. The molecule has 16 heavy (non-hydrogen) atoms. The first-order chi connectivity index (χ1) is 7.47. The fourth-order valence-electron chi connectivity index (χ4n) is 1.03. The van der Waals surface area contributed by atoms with Crippen LogP contribution < -0.4 is 0 Å². The third kappa shape index (κ3) is 2.16. The molecule has 1 aromatic carbocycles. The standard InChI is InChI=1S/C9H3ClF3N2O/c10-6-3-1-2-5(4-6)7-14-8(16-15-7)9(11,12)13/h2-4H. The highest BCUT2D eigenvalue weighted by atomic mass is 35.5. The van der Waals surface area contributed by atoms with Gasteiger partial charge in [-0.2, -0.15) is 18.2 Å². The van der Waals surface area contributed by atoms with Crippen LogP contribution in [0.15, 0.2) is 22.7 Å². The zero-order chi connectivity index (χ0) is 11.8. The van der Waals surface area contributed by atoms with Crippen LogP contribution in [0.2, 0.25) is 5.02 Å². The van der Waals surface area contributed by atoms with Crippen LogP contribution in [-0.4, -0.2) is 10.1 Å². The SMILES string of the molecule is FC(F)(F)c1nc(-c2c[c]cc(Cl)c2)no1. The molecule has 0 aliphatic carbocycles. The molecule has 2 rings (SSSR count). The van der Waals surface area contributed by atoms with Crippen molar-refractivity contribution < 1.29 is 17.7 Å². The summed E-state index contributed by atoms with van der Waals surface area (Å²) in [5.41, 5.74) is 0.312. The maximum Gasteiger partial charge on any atom is 0.471 e. The van der Waals surface area contributed by atoms with E-state index in [1.54, 1.807) is 0 Å². The Morgan fingerprint density at radius 3 is 2.62 bits per heavy atom. The number of aromatic nitrogens is 2. The molecule has 0 spiro atoms. The fraction of sp³-hybridized carbons (Fsp3) is 0.111. The molecule has 2 aromatic rings. The van der Waals surface area contributed by atoms with E-state index in [1.807, 2.05) is 0 Å². The van der Waals surface area contributed by atoms with Crippen LogP contribution in [-0.2, 0) is 6.18 Å². The van der Waals surface area contributed by atoms with E-state index in [0.717, 1.165) is 0 Å². The molecule has 0 aliphatic heterocycles. The molecule has 0 N–H and O–H groups in total. The summed E-state index contributed by atoms with van der Waals surface area (Å²) in [6, 6.07) is 6.94. The van der Waals surface area contributed by atoms with Crippen LogP contribution >= 0.6 is 11.6 Å². The van der Waals surface area contributed by atoms with E-state index in [4.69, 9.17) is 11.6 Å². The molecule has 0 bridgehead atoms. The van der Waals surface area contributed by atoms with Crippen molar-refractivity contribution in [2.75, 3.05) is 0 Å². The van der Waals surface area contributed by atoms with Crippen LogP contribution in [0, 0.1) is 6.07 Å². The summed E-state index contributed by atoms with van der Waals surface area (Å²) < 4.78 is 40.6. The molecule has 0 saturated heterocycles. The van der Waals surface area contributed by atoms with Crippen molar-refractivity contribution >= 4 is 11.6 Å². The normalized spacial score (nSPS) is 11.8. The molecule has 0 atom stereocenters. The maximum absolute atomic E-state index is 12.2. The number of hydrogen-bond acceptors (Lipinski definition) is 3. The summed E-state index contributed by atoms with van der Waals surface area (Å²) in [4.78, 5) is 3.21. The van der Waals surface area contributed by atoms with Gasteiger partial charge in [0.25, 0.3) is 0 Å². The molecule has 3 nitrogen and oxygen atoms in total. The molecular formula is C9H3ClF3N2O. The first-order valence-corrected chi connectivity index (χ1v) is 4.42. The van der Waals surface area contributed by atoms with E-state index >= 15 is 0 Å². The first kappa shape index (κ1) is 10.9. The van der Waals surface area contributed by atoms with Crippen molar-refractivity contribution in [1.82, 2.24) is 10.1 Å². The van der Waals surface area contributed by atoms with Crippen molar-refractivity contribution in [2.45, 2.75) is 6.18 Å². The molecule has 1 aromatic heterocycles. The molecule has 0 unspecified atom stereocenters. The predicted octanol–water partition coefficient (Wildman–Crippen LogP) is 3.21. The Labute approximate surface area is 92.8 Å². The topological polar surface area (TPSA) is 38.9 Å². The van der Waals surface area contributed by atoms with Crippen molar-refractivity contribution in [3.8, 4) is 11.4 Å². The van der Waals surface area contributed by atoms with Gasteiger partial charge in [0.15, 0.2) is 0 Å². The van der Waals surface area contributed by atoms with Gasteiger partial charge in [-0.15, -0.1) is 0 Å². The molecule has 7 heteroatoms. The van der Waals surface area contributed by atoms with Gasteiger partial charge in [-0.05, 0) is 24.3 Å². The lowest BCUT2D eigenvalue weighted by atomic mass is 10.2. The second-order valence-electron chi connectivity index (χ2n) is 2.86. The molecule has 0 aliphatic rings. The average Bonchev–Trinajstić information content (AvgIpc) is 2.65. The van der Waals surface area contributed by atoms with Crippen LogP contribution in [0.25, 0.3) is 11.4 Å². The molecule has 0 fully saturated rings. The van der Waals surface area contributed by atoms with Gasteiger partial charge in [0.2, 0.25) is 5.82 Å². The Hall–Kier alpha value is -1.56. The Morgan fingerprint density at radius 1 is 1.31 bits per heavy atom. The highest BCUT2D eigenvalue weighted by molar-refractivity contribution is 6.30. The Balaban J connectivity index is 2.39. The number of benzene rings is 1. The second-order valence-corrected chi connectivity index (χ2v) is 3.30. The van der Waals surface area contributed by atoms with Gasteiger partial charge in [-0.25, -0.2) is 0 Å². The highest BCUT2D eigenvalue weighted by Gasteiger charge is 2.38. The van der Waals surface area contributed by atoms with Crippen LogP contribution in [0.1, 0.15) is 5.89 Å². The Morgan fingerprint density at radius 2 is 2.06 bits per heavy atom. The van der Waals surface area contributed by atoms with Crippen molar-refractivity contribution in [2.24, 2.45) is 0 Å². The predicted molar refractivity (Wildman–Crippen MR) is 48.6 cm³/mol. The number of halogens is 4. The smallest absolute Gasteiger partial charge is 0.329 e. The van der Waals surface area contributed by atoms with Gasteiger partial charge in [0.1, 0.15) is 0 Å². The van der Waals surface area contributed by atoms with E-state index in [0.29, 0.717) is 10.6 Å². The van der Waals surface area contributed by atoms with Gasteiger partial charge in [0.05, 0.1) is 0 Å². The molecule has 0 saturated carbocycles.